The van der Waals surface area contributed by atoms with Crippen LogP contribution in [0.1, 0.15) is 61.0 Å². The van der Waals surface area contributed by atoms with Gasteiger partial charge in [-0.3, -0.25) is 4.79 Å². The van der Waals surface area contributed by atoms with E-state index in [0.717, 1.165) is 37.3 Å². The number of rotatable bonds is 5. The van der Waals surface area contributed by atoms with Crippen molar-refractivity contribution in [1.29, 1.82) is 0 Å². The number of carbonyl (C=O) groups excluding carboxylic acids is 2. The van der Waals surface area contributed by atoms with Crippen molar-refractivity contribution in [2.24, 2.45) is 5.92 Å². The van der Waals surface area contributed by atoms with E-state index in [2.05, 4.69) is 9.88 Å². The van der Waals surface area contributed by atoms with Crippen molar-refractivity contribution >= 4 is 11.9 Å². The maximum absolute atomic E-state index is 13.3. The van der Waals surface area contributed by atoms with Crippen molar-refractivity contribution in [3.63, 3.8) is 0 Å². The van der Waals surface area contributed by atoms with Crippen molar-refractivity contribution in [3.8, 4) is 11.3 Å². The molecule has 180 valence electrons. The molecule has 1 spiro atoms. The Balaban J connectivity index is 1.23. The molecule has 1 saturated heterocycles. The van der Waals surface area contributed by atoms with Gasteiger partial charge in [-0.15, -0.1) is 0 Å². The lowest BCUT2D eigenvalue weighted by Crippen LogP contribution is -2.43. The highest BCUT2D eigenvalue weighted by Gasteiger charge is 2.49. The summed E-state index contributed by atoms with van der Waals surface area (Å²) >= 11 is 0. The number of nitrogens with zero attached hydrogens (tertiary/aromatic N) is 3. The third-order valence-corrected chi connectivity index (χ3v) is 7.73. The van der Waals surface area contributed by atoms with Crippen molar-refractivity contribution in [1.82, 2.24) is 14.8 Å². The van der Waals surface area contributed by atoms with Gasteiger partial charge in [0.25, 0.3) is 0 Å². The summed E-state index contributed by atoms with van der Waals surface area (Å²) in [6, 6.07) is 9.84. The highest BCUT2D eigenvalue weighted by Crippen LogP contribution is 2.48. The van der Waals surface area contributed by atoms with Gasteiger partial charge in [0, 0.05) is 37.2 Å². The zero-order chi connectivity index (χ0) is 23.7. The van der Waals surface area contributed by atoms with Crippen LogP contribution in [0.2, 0.25) is 0 Å². The summed E-state index contributed by atoms with van der Waals surface area (Å²) in [6.45, 7) is 3.96. The van der Waals surface area contributed by atoms with Gasteiger partial charge in [0.05, 0.1) is 5.69 Å². The minimum absolute atomic E-state index is 0.0359. The summed E-state index contributed by atoms with van der Waals surface area (Å²) in [5.74, 6) is -0.568. The molecule has 0 atom stereocenters. The van der Waals surface area contributed by atoms with Gasteiger partial charge in [-0.05, 0) is 81.9 Å². The number of fused-ring (bicyclic) bond motifs is 2. The van der Waals surface area contributed by atoms with Crippen molar-refractivity contribution in [2.45, 2.75) is 50.5 Å². The van der Waals surface area contributed by atoms with Gasteiger partial charge >= 0.3 is 5.97 Å². The molecule has 0 unspecified atom stereocenters. The van der Waals surface area contributed by atoms with Crippen molar-refractivity contribution in [3.05, 3.63) is 53.5 Å². The number of ether oxygens (including phenoxy) is 1. The summed E-state index contributed by atoms with van der Waals surface area (Å²) in [5, 5.41) is 0. The maximum Gasteiger partial charge on any atom is 0.358 e. The van der Waals surface area contributed by atoms with Crippen LogP contribution in [-0.4, -0.2) is 59.9 Å². The van der Waals surface area contributed by atoms with Crippen LogP contribution in [-0.2, 0) is 15.1 Å². The molecule has 1 aromatic carbocycles. The van der Waals surface area contributed by atoms with Crippen LogP contribution >= 0.6 is 0 Å². The number of aromatic nitrogens is 1. The van der Waals surface area contributed by atoms with Crippen LogP contribution in [0.15, 0.2) is 36.4 Å². The Hall–Kier alpha value is -2.80. The number of hydrogen-bond donors (Lipinski definition) is 0. The quantitative estimate of drug-likeness (QED) is 0.613. The molecule has 1 aliphatic carbocycles. The Morgan fingerprint density at radius 2 is 1.82 bits per heavy atom. The van der Waals surface area contributed by atoms with E-state index in [-0.39, 0.29) is 17.6 Å². The third-order valence-electron chi connectivity index (χ3n) is 7.73. The number of esters is 1. The second-order valence-corrected chi connectivity index (χ2v) is 9.92. The van der Waals surface area contributed by atoms with E-state index in [1.54, 1.807) is 12.1 Å². The number of likely N-dealkylation sites (tertiary alicyclic amines) is 1. The fraction of sp³-hybridized carbons (Fsp3) is 0.519. The smallest absolute Gasteiger partial charge is 0.358 e. The molecule has 0 N–H and O–H groups in total. The van der Waals surface area contributed by atoms with E-state index in [0.29, 0.717) is 37.1 Å². The van der Waals surface area contributed by atoms with Crippen LogP contribution < -0.4 is 0 Å². The molecule has 3 aliphatic rings. The van der Waals surface area contributed by atoms with Crippen LogP contribution in [0, 0.1) is 11.7 Å². The Morgan fingerprint density at radius 1 is 1.12 bits per heavy atom. The average Bonchev–Trinajstić information content (AvgIpc) is 3.14. The van der Waals surface area contributed by atoms with Crippen molar-refractivity contribution < 1.29 is 18.7 Å². The standard InChI is InChI=1S/C27H32FN3O3/c1-30(17-18-31-15-3-2-4-16-31)25(32)20-11-13-27(14-12-20)22-9-10-23(29-24(22)26(33)34-27)19-5-7-21(28)8-6-19/h5-10,20H,2-4,11-18H2,1H3/t20-,27-. The summed E-state index contributed by atoms with van der Waals surface area (Å²) in [6.07, 6.45) is 6.45. The van der Waals surface area contributed by atoms with Gasteiger partial charge in [0.2, 0.25) is 5.91 Å². The van der Waals surface area contributed by atoms with Crippen LogP contribution in [0.25, 0.3) is 11.3 Å². The monoisotopic (exact) mass is 465 g/mol. The van der Waals surface area contributed by atoms with Crippen LogP contribution in [0.3, 0.4) is 0 Å². The molecule has 1 amide bonds. The summed E-state index contributed by atoms with van der Waals surface area (Å²) < 4.78 is 19.2. The normalized spacial score (nSPS) is 24.6. The molecule has 1 aromatic heterocycles. The molecular formula is C27H32FN3O3. The predicted molar refractivity (Wildman–Crippen MR) is 127 cm³/mol. The summed E-state index contributed by atoms with van der Waals surface area (Å²) in [5.41, 5.74) is 1.83. The Labute approximate surface area is 200 Å². The SMILES string of the molecule is CN(CCN1CCCCC1)C(=O)[C@H]1CC[C@@]2(CC1)OC(=O)c1nc(-c3ccc(F)cc3)ccc12. The number of piperidine rings is 1. The second kappa shape index (κ2) is 9.45. The van der Waals surface area contributed by atoms with Gasteiger partial charge in [-0.2, -0.15) is 0 Å². The van der Waals surface area contributed by atoms with Gasteiger partial charge in [0.15, 0.2) is 5.69 Å². The fourth-order valence-electron chi connectivity index (χ4n) is 5.64. The number of carbonyl (C=O) groups is 2. The molecule has 1 saturated carbocycles. The maximum atomic E-state index is 13.3. The first-order chi connectivity index (χ1) is 16.4. The van der Waals surface area contributed by atoms with Crippen molar-refractivity contribution in [2.75, 3.05) is 33.2 Å². The summed E-state index contributed by atoms with van der Waals surface area (Å²) in [4.78, 5) is 34.7. The van der Waals surface area contributed by atoms with E-state index in [1.807, 2.05) is 24.1 Å². The first kappa shape index (κ1) is 23.0. The molecule has 2 aromatic rings. The number of benzene rings is 1. The number of hydrogen-bond acceptors (Lipinski definition) is 5. The van der Waals surface area contributed by atoms with E-state index < -0.39 is 11.6 Å². The minimum Gasteiger partial charge on any atom is -0.449 e. The van der Waals surface area contributed by atoms with Crippen LogP contribution in [0.4, 0.5) is 4.39 Å². The largest absolute Gasteiger partial charge is 0.449 e. The number of pyridine rings is 1. The summed E-state index contributed by atoms with van der Waals surface area (Å²) in [7, 11) is 1.91. The zero-order valence-corrected chi connectivity index (χ0v) is 19.8. The van der Waals surface area contributed by atoms with E-state index >= 15 is 0 Å². The average molecular weight is 466 g/mol. The lowest BCUT2D eigenvalue weighted by atomic mass is 9.75. The third kappa shape index (κ3) is 4.45. The molecule has 2 fully saturated rings. The lowest BCUT2D eigenvalue weighted by molar-refractivity contribution is -0.137. The van der Waals surface area contributed by atoms with Crippen LogP contribution in [0.5, 0.6) is 0 Å². The minimum atomic E-state index is -0.691. The van der Waals surface area contributed by atoms with Gasteiger partial charge in [0.1, 0.15) is 11.4 Å². The van der Waals surface area contributed by atoms with Gasteiger partial charge in [-0.25, -0.2) is 14.2 Å². The first-order valence-electron chi connectivity index (χ1n) is 12.4. The molecule has 3 heterocycles. The molecule has 0 radical (unpaired) electrons. The number of amides is 1. The van der Waals surface area contributed by atoms with Gasteiger partial charge in [-0.1, -0.05) is 12.5 Å². The topological polar surface area (TPSA) is 62.7 Å². The lowest BCUT2D eigenvalue weighted by Gasteiger charge is -2.37. The van der Waals surface area contributed by atoms with E-state index in [1.165, 1.54) is 31.4 Å². The Morgan fingerprint density at radius 3 is 2.53 bits per heavy atom. The van der Waals surface area contributed by atoms with E-state index in [9.17, 15) is 14.0 Å². The highest BCUT2D eigenvalue weighted by molar-refractivity contribution is 5.93. The molecular weight excluding hydrogens is 433 g/mol. The van der Waals surface area contributed by atoms with E-state index in [4.69, 9.17) is 4.74 Å². The molecule has 6 nitrogen and oxygen atoms in total. The highest BCUT2D eigenvalue weighted by atomic mass is 19.1. The molecule has 7 heteroatoms. The number of halogens is 1. The molecule has 5 rings (SSSR count). The molecule has 0 bridgehead atoms. The Kier molecular flexibility index (Phi) is 6.38. The first-order valence-corrected chi connectivity index (χ1v) is 12.4. The Bertz CT molecular complexity index is 1060. The molecule has 2 aliphatic heterocycles. The zero-order valence-electron chi connectivity index (χ0n) is 19.8. The fourth-order valence-corrected chi connectivity index (χ4v) is 5.64. The van der Waals surface area contributed by atoms with Gasteiger partial charge < -0.3 is 14.5 Å². The predicted octanol–water partition coefficient (Wildman–Crippen LogP) is 4.39. The number of likely N-dealkylation sites (N-methyl/N-ethyl adjacent to an activating group) is 1. The molecule has 34 heavy (non-hydrogen) atoms. The second-order valence-electron chi connectivity index (χ2n) is 9.92.